The maximum Gasteiger partial charge on any atom is 0.193 e. The van der Waals surface area contributed by atoms with Gasteiger partial charge in [-0.05, 0) is 55.7 Å². The van der Waals surface area contributed by atoms with E-state index in [-0.39, 0.29) is 30.1 Å². The van der Waals surface area contributed by atoms with Crippen molar-refractivity contribution < 1.29 is 4.74 Å². The van der Waals surface area contributed by atoms with Crippen LogP contribution in [0.1, 0.15) is 25.0 Å². The largest absolute Gasteiger partial charge is 0.491 e. The average molecular weight is 480 g/mol. The van der Waals surface area contributed by atoms with Gasteiger partial charge < -0.3 is 15.8 Å². The smallest absolute Gasteiger partial charge is 0.193 e. The number of anilines is 1. The Kier molecular flexibility index (Phi) is 8.37. The number of fused-ring (bicyclic) bond motifs is 1. The van der Waals surface area contributed by atoms with E-state index in [1.54, 1.807) is 0 Å². The van der Waals surface area contributed by atoms with Gasteiger partial charge in [-0.15, -0.1) is 24.0 Å². The van der Waals surface area contributed by atoms with Gasteiger partial charge in [0.15, 0.2) is 5.96 Å². The number of hydrogen-bond donors (Lipinski definition) is 2. The van der Waals surface area contributed by atoms with Gasteiger partial charge in [0, 0.05) is 25.3 Å². The Bertz CT molecular complexity index is 746. The molecule has 0 atom stereocenters. The minimum Gasteiger partial charge on any atom is -0.491 e. The first-order valence-electron chi connectivity index (χ1n) is 9.23. The van der Waals surface area contributed by atoms with E-state index in [0.29, 0.717) is 12.5 Å². The van der Waals surface area contributed by atoms with Gasteiger partial charge in [-0.3, -0.25) is 9.89 Å². The van der Waals surface area contributed by atoms with Crippen molar-refractivity contribution in [2.45, 2.75) is 32.9 Å². The molecule has 3 N–H and O–H groups in total. The summed E-state index contributed by atoms with van der Waals surface area (Å²) in [6, 6.07) is 16.4. The Morgan fingerprint density at radius 1 is 1.15 bits per heavy atom. The van der Waals surface area contributed by atoms with Crippen molar-refractivity contribution in [2.24, 2.45) is 10.7 Å². The highest BCUT2D eigenvalue weighted by Crippen LogP contribution is 2.18. The fourth-order valence-electron chi connectivity index (χ4n) is 3.13. The molecule has 6 heteroatoms. The van der Waals surface area contributed by atoms with Crippen LogP contribution in [0, 0.1) is 0 Å². The molecule has 0 saturated heterocycles. The lowest BCUT2D eigenvalue weighted by Crippen LogP contribution is -2.33. The number of nitrogens with two attached hydrogens (primary N) is 1. The van der Waals surface area contributed by atoms with E-state index in [9.17, 15) is 0 Å². The number of nitrogens with zero attached hydrogens (tertiary/aromatic N) is 2. The Morgan fingerprint density at radius 2 is 1.85 bits per heavy atom. The van der Waals surface area contributed by atoms with Crippen molar-refractivity contribution in [3.63, 3.8) is 0 Å². The van der Waals surface area contributed by atoms with Crippen LogP contribution in [-0.2, 0) is 13.0 Å². The molecule has 1 aliphatic rings. The molecule has 2 aromatic rings. The van der Waals surface area contributed by atoms with Crippen LogP contribution in [0.25, 0.3) is 0 Å². The van der Waals surface area contributed by atoms with Gasteiger partial charge in [0.05, 0.1) is 12.6 Å². The molecule has 146 valence electrons. The summed E-state index contributed by atoms with van der Waals surface area (Å²) >= 11 is 0. The minimum absolute atomic E-state index is 0. The highest BCUT2D eigenvalue weighted by Gasteiger charge is 2.14. The Balaban J connectivity index is 0.00000261. The zero-order chi connectivity index (χ0) is 18.4. The molecular formula is C21H29IN4O. The molecule has 0 spiro atoms. The number of hydrogen-bond acceptors (Lipinski definition) is 3. The Hall–Kier alpha value is -1.80. The molecule has 0 saturated carbocycles. The Labute approximate surface area is 179 Å². The minimum atomic E-state index is 0. The van der Waals surface area contributed by atoms with Crippen molar-refractivity contribution in [3.8, 4) is 5.75 Å². The normalized spacial score (nSPS) is 14.4. The number of guanidine groups is 1. The van der Waals surface area contributed by atoms with Gasteiger partial charge in [0.25, 0.3) is 0 Å². The number of rotatable bonds is 6. The van der Waals surface area contributed by atoms with Crippen LogP contribution in [0.2, 0.25) is 0 Å². The molecule has 27 heavy (non-hydrogen) atoms. The number of nitrogens with one attached hydrogen (secondary N) is 1. The van der Waals surface area contributed by atoms with E-state index in [0.717, 1.165) is 37.5 Å². The summed E-state index contributed by atoms with van der Waals surface area (Å²) < 4.78 is 5.64. The molecular weight excluding hydrogens is 451 g/mol. The molecule has 2 aromatic carbocycles. The second-order valence-electron chi connectivity index (χ2n) is 6.88. The number of ether oxygens (including phenoxy) is 1. The van der Waals surface area contributed by atoms with Crippen LogP contribution in [0.15, 0.2) is 53.5 Å². The second-order valence-corrected chi connectivity index (χ2v) is 6.88. The van der Waals surface area contributed by atoms with E-state index < -0.39 is 0 Å². The molecule has 0 unspecified atom stereocenters. The highest BCUT2D eigenvalue weighted by atomic mass is 127. The first kappa shape index (κ1) is 21.5. The molecule has 3 rings (SSSR count). The average Bonchev–Trinajstić information content (AvgIpc) is 2.63. The number of halogens is 1. The third-order valence-corrected chi connectivity index (χ3v) is 4.41. The zero-order valence-corrected chi connectivity index (χ0v) is 18.4. The van der Waals surface area contributed by atoms with E-state index in [1.807, 2.05) is 38.1 Å². The first-order chi connectivity index (χ1) is 12.6. The van der Waals surface area contributed by atoms with Gasteiger partial charge in [-0.1, -0.05) is 24.3 Å². The third kappa shape index (κ3) is 6.70. The maximum absolute atomic E-state index is 6.01. The molecule has 0 radical (unpaired) electrons. The van der Waals surface area contributed by atoms with Crippen molar-refractivity contribution >= 4 is 35.6 Å². The van der Waals surface area contributed by atoms with Crippen LogP contribution in [0.3, 0.4) is 0 Å². The molecule has 1 aliphatic heterocycles. The van der Waals surface area contributed by atoms with E-state index >= 15 is 0 Å². The van der Waals surface area contributed by atoms with Gasteiger partial charge in [-0.2, -0.15) is 0 Å². The standard InChI is InChI=1S/C21H28N4O.HI/c1-16(2)26-20-9-7-19(8-10-20)24-21(22)23-12-14-25-13-11-17-5-3-4-6-18(17)15-25;/h3-10,16H,11-15H2,1-2H3,(H3,22,23,24);1H. The third-order valence-electron chi connectivity index (χ3n) is 4.41. The quantitative estimate of drug-likeness (QED) is 0.375. The summed E-state index contributed by atoms with van der Waals surface area (Å²) in [6.07, 6.45) is 1.28. The fraction of sp³-hybridized carbons (Fsp3) is 0.381. The van der Waals surface area contributed by atoms with Crippen LogP contribution in [0.5, 0.6) is 5.75 Å². The summed E-state index contributed by atoms with van der Waals surface area (Å²) in [4.78, 5) is 6.88. The first-order valence-corrected chi connectivity index (χ1v) is 9.23. The molecule has 0 amide bonds. The van der Waals surface area contributed by atoms with Crippen LogP contribution < -0.4 is 15.8 Å². The molecule has 5 nitrogen and oxygen atoms in total. The highest BCUT2D eigenvalue weighted by molar-refractivity contribution is 14.0. The Morgan fingerprint density at radius 3 is 2.56 bits per heavy atom. The monoisotopic (exact) mass is 480 g/mol. The zero-order valence-electron chi connectivity index (χ0n) is 16.0. The molecule has 0 fully saturated rings. The lowest BCUT2D eigenvalue weighted by atomic mass is 10.0. The van der Waals surface area contributed by atoms with Gasteiger partial charge in [-0.25, -0.2) is 0 Å². The van der Waals surface area contributed by atoms with Crippen LogP contribution in [-0.4, -0.2) is 36.6 Å². The van der Waals surface area contributed by atoms with Crippen molar-refractivity contribution in [2.75, 3.05) is 25.0 Å². The summed E-state index contributed by atoms with van der Waals surface area (Å²) in [7, 11) is 0. The van der Waals surface area contributed by atoms with E-state index in [2.05, 4.69) is 39.5 Å². The van der Waals surface area contributed by atoms with E-state index in [1.165, 1.54) is 11.1 Å². The number of aliphatic imine (C=N–C) groups is 1. The van der Waals surface area contributed by atoms with Gasteiger partial charge >= 0.3 is 0 Å². The fourth-order valence-corrected chi connectivity index (χ4v) is 3.13. The predicted molar refractivity (Wildman–Crippen MR) is 123 cm³/mol. The van der Waals surface area contributed by atoms with Crippen LogP contribution >= 0.6 is 24.0 Å². The lowest BCUT2D eigenvalue weighted by Gasteiger charge is -2.28. The predicted octanol–water partition coefficient (Wildman–Crippen LogP) is 3.88. The maximum atomic E-state index is 6.01. The molecule has 0 bridgehead atoms. The SMILES string of the molecule is CC(C)Oc1ccc(NC(N)=NCCN2CCc3ccccc3C2)cc1.I. The summed E-state index contributed by atoms with van der Waals surface area (Å²) in [5, 5.41) is 3.13. The summed E-state index contributed by atoms with van der Waals surface area (Å²) in [5.41, 5.74) is 9.82. The van der Waals surface area contributed by atoms with Crippen molar-refractivity contribution in [3.05, 3.63) is 59.7 Å². The van der Waals surface area contributed by atoms with Gasteiger partial charge in [0.2, 0.25) is 0 Å². The lowest BCUT2D eigenvalue weighted by molar-refractivity contribution is 0.242. The second kappa shape index (κ2) is 10.5. The van der Waals surface area contributed by atoms with Crippen molar-refractivity contribution in [1.82, 2.24) is 4.90 Å². The topological polar surface area (TPSA) is 62.9 Å². The van der Waals surface area contributed by atoms with Crippen molar-refractivity contribution in [1.29, 1.82) is 0 Å². The van der Waals surface area contributed by atoms with Gasteiger partial charge in [0.1, 0.15) is 5.75 Å². The van der Waals surface area contributed by atoms with Crippen LogP contribution in [0.4, 0.5) is 5.69 Å². The van der Waals surface area contributed by atoms with E-state index in [4.69, 9.17) is 10.5 Å². The molecule has 0 aromatic heterocycles. The summed E-state index contributed by atoms with van der Waals surface area (Å²) in [6.45, 7) is 7.70. The molecule has 1 heterocycles. The number of benzene rings is 2. The summed E-state index contributed by atoms with van der Waals surface area (Å²) in [5.74, 6) is 1.30. The molecule has 0 aliphatic carbocycles.